The summed E-state index contributed by atoms with van der Waals surface area (Å²) < 4.78 is 3.99. The number of hydrogen-bond acceptors (Lipinski definition) is 3. The maximum Gasteiger partial charge on any atom is 0.133 e. The number of hydrogen-bond donors (Lipinski definition) is 1. The van der Waals surface area contributed by atoms with E-state index in [1.807, 2.05) is 20.0 Å². The molecule has 0 bridgehead atoms. The van der Waals surface area contributed by atoms with Crippen LogP contribution in [0.1, 0.15) is 34.4 Å². The van der Waals surface area contributed by atoms with Gasteiger partial charge in [0.25, 0.3) is 0 Å². The van der Waals surface area contributed by atoms with Crippen LogP contribution in [0.3, 0.4) is 0 Å². The predicted octanol–water partition coefficient (Wildman–Crippen LogP) is 4.90. The monoisotopic (exact) mass is 444 g/mol. The first-order valence-electron chi connectivity index (χ1n) is 11.0. The molecule has 32 heavy (non-hydrogen) atoms. The Morgan fingerprint density at radius 1 is 1.09 bits per heavy atom. The highest BCUT2D eigenvalue weighted by Gasteiger charge is 2.35. The minimum absolute atomic E-state index is 0.000720. The Bertz CT molecular complexity index is 1470. The van der Waals surface area contributed by atoms with Crippen molar-refractivity contribution < 1.29 is 0 Å². The highest BCUT2D eigenvalue weighted by molar-refractivity contribution is 6.30. The first-order chi connectivity index (χ1) is 15.5. The van der Waals surface area contributed by atoms with Crippen molar-refractivity contribution in [3.05, 3.63) is 82.0 Å². The van der Waals surface area contributed by atoms with Gasteiger partial charge in [-0.25, -0.2) is 4.98 Å². The molecule has 4 heterocycles. The lowest BCUT2D eigenvalue weighted by Crippen LogP contribution is -2.37. The number of H-pyrrole nitrogens is 1. The number of halogens is 1. The lowest BCUT2D eigenvalue weighted by atomic mass is 9.96. The third-order valence-electron chi connectivity index (χ3n) is 6.83. The average molecular weight is 445 g/mol. The second-order valence-electron chi connectivity index (χ2n) is 8.68. The molecule has 5 aromatic rings. The van der Waals surface area contributed by atoms with Gasteiger partial charge in [-0.15, -0.1) is 0 Å². The van der Waals surface area contributed by atoms with Crippen LogP contribution in [0, 0.1) is 6.92 Å². The van der Waals surface area contributed by atoms with Crippen LogP contribution in [0.5, 0.6) is 0 Å². The standard InChI is InChI=1S/C25H25ClN6/c1-15-18(24(26)31(3)29-15)14-32-13-12-17-16-8-4-5-9-19(16)27-22(17)23(32)25-28-20-10-6-7-11-21(20)30(25)2/h4-11,23,27H,12-14H2,1-3H3/t23-/m0/s1. The van der Waals surface area contributed by atoms with Crippen LogP contribution < -0.4 is 0 Å². The van der Waals surface area contributed by atoms with E-state index < -0.39 is 0 Å². The van der Waals surface area contributed by atoms with Gasteiger partial charge in [0.05, 0.1) is 16.7 Å². The summed E-state index contributed by atoms with van der Waals surface area (Å²) in [4.78, 5) is 11.3. The molecule has 0 aliphatic carbocycles. The lowest BCUT2D eigenvalue weighted by Gasteiger charge is -2.35. The van der Waals surface area contributed by atoms with Gasteiger partial charge >= 0.3 is 0 Å². The van der Waals surface area contributed by atoms with Crippen molar-refractivity contribution in [2.45, 2.75) is 25.9 Å². The summed E-state index contributed by atoms with van der Waals surface area (Å²) >= 11 is 6.63. The van der Waals surface area contributed by atoms with Gasteiger partial charge < -0.3 is 9.55 Å². The van der Waals surface area contributed by atoms with Crippen LogP contribution in [-0.2, 0) is 27.1 Å². The highest BCUT2D eigenvalue weighted by atomic mass is 35.5. The van der Waals surface area contributed by atoms with Crippen molar-refractivity contribution in [2.75, 3.05) is 6.54 Å². The molecule has 6 nitrogen and oxygen atoms in total. The fourth-order valence-electron chi connectivity index (χ4n) is 5.22. The van der Waals surface area contributed by atoms with E-state index in [0.717, 1.165) is 47.6 Å². The van der Waals surface area contributed by atoms with Crippen LogP contribution in [0.25, 0.3) is 21.9 Å². The first-order valence-corrected chi connectivity index (χ1v) is 11.3. The number of nitrogens with zero attached hydrogens (tertiary/aromatic N) is 5. The molecule has 0 unspecified atom stereocenters. The van der Waals surface area contributed by atoms with E-state index in [4.69, 9.17) is 16.6 Å². The number of aromatic amines is 1. The quantitative estimate of drug-likeness (QED) is 0.430. The molecule has 1 aliphatic heterocycles. The topological polar surface area (TPSA) is 54.7 Å². The largest absolute Gasteiger partial charge is 0.356 e. The number of imidazole rings is 1. The smallest absolute Gasteiger partial charge is 0.133 e. The highest BCUT2D eigenvalue weighted by Crippen LogP contribution is 2.40. The van der Waals surface area contributed by atoms with Gasteiger partial charge in [0, 0.05) is 49.3 Å². The van der Waals surface area contributed by atoms with E-state index in [0.29, 0.717) is 5.15 Å². The van der Waals surface area contributed by atoms with Crippen LogP contribution in [0.4, 0.5) is 0 Å². The van der Waals surface area contributed by atoms with E-state index in [1.165, 1.54) is 22.2 Å². The van der Waals surface area contributed by atoms with Crippen molar-refractivity contribution in [3.8, 4) is 0 Å². The van der Waals surface area contributed by atoms with E-state index in [2.05, 4.69) is 69.1 Å². The second kappa shape index (κ2) is 7.22. The molecule has 3 aromatic heterocycles. The molecule has 2 aromatic carbocycles. The van der Waals surface area contributed by atoms with Crippen molar-refractivity contribution in [1.82, 2.24) is 29.2 Å². The van der Waals surface area contributed by atoms with E-state index in [-0.39, 0.29) is 6.04 Å². The molecule has 0 radical (unpaired) electrons. The second-order valence-corrected chi connectivity index (χ2v) is 9.04. The molecule has 6 rings (SSSR count). The van der Waals surface area contributed by atoms with Gasteiger partial charge in [0.1, 0.15) is 17.0 Å². The number of para-hydroxylation sites is 3. The normalized spacial score (nSPS) is 16.8. The SMILES string of the molecule is Cc1nn(C)c(Cl)c1CN1CCc2c([nH]c3ccccc23)[C@H]1c1nc2ccccc2n1C. The van der Waals surface area contributed by atoms with Crippen molar-refractivity contribution in [1.29, 1.82) is 0 Å². The fourth-order valence-corrected chi connectivity index (χ4v) is 5.45. The summed E-state index contributed by atoms with van der Waals surface area (Å²) in [6.45, 7) is 3.68. The molecular weight excluding hydrogens is 420 g/mol. The third kappa shape index (κ3) is 2.83. The summed E-state index contributed by atoms with van der Waals surface area (Å²) in [7, 11) is 4.01. The summed E-state index contributed by atoms with van der Waals surface area (Å²) in [6.07, 6.45) is 0.983. The molecule has 1 atom stereocenters. The third-order valence-corrected chi connectivity index (χ3v) is 7.30. The van der Waals surface area contributed by atoms with Crippen LogP contribution in [0.2, 0.25) is 5.15 Å². The fraction of sp³-hybridized carbons (Fsp3) is 0.280. The molecular formula is C25H25ClN6. The summed E-state index contributed by atoms with van der Waals surface area (Å²) in [5.74, 6) is 1.04. The zero-order valence-corrected chi connectivity index (χ0v) is 19.2. The predicted molar refractivity (Wildman–Crippen MR) is 128 cm³/mol. The Balaban J connectivity index is 1.55. The lowest BCUT2D eigenvalue weighted by molar-refractivity contribution is 0.192. The molecule has 0 fully saturated rings. The van der Waals surface area contributed by atoms with E-state index in [1.54, 1.807) is 4.68 Å². The molecule has 0 spiro atoms. The van der Waals surface area contributed by atoms with E-state index >= 15 is 0 Å². The Morgan fingerprint density at radius 3 is 2.66 bits per heavy atom. The van der Waals surface area contributed by atoms with Gasteiger partial charge in [-0.2, -0.15) is 5.10 Å². The summed E-state index contributed by atoms with van der Waals surface area (Å²) in [5, 5.41) is 6.54. The Labute approximate surface area is 191 Å². The molecule has 162 valence electrons. The van der Waals surface area contributed by atoms with Crippen molar-refractivity contribution >= 4 is 33.5 Å². The number of aromatic nitrogens is 5. The Kier molecular flexibility index (Phi) is 4.42. The van der Waals surface area contributed by atoms with Crippen LogP contribution in [0.15, 0.2) is 48.5 Å². The van der Waals surface area contributed by atoms with Gasteiger partial charge in [0.15, 0.2) is 0 Å². The summed E-state index contributed by atoms with van der Waals surface area (Å²) in [5.41, 5.74) is 8.02. The Hall–Kier alpha value is -3.09. The van der Waals surface area contributed by atoms with Crippen molar-refractivity contribution in [3.63, 3.8) is 0 Å². The van der Waals surface area contributed by atoms with Gasteiger partial charge in [-0.1, -0.05) is 41.9 Å². The number of fused-ring (bicyclic) bond motifs is 4. The Morgan fingerprint density at radius 2 is 1.88 bits per heavy atom. The van der Waals surface area contributed by atoms with Gasteiger partial charge in [0.2, 0.25) is 0 Å². The maximum absolute atomic E-state index is 6.63. The maximum atomic E-state index is 6.63. The number of benzene rings is 2. The number of aryl methyl sites for hydroxylation is 3. The van der Waals surface area contributed by atoms with Gasteiger partial charge in [-0.05, 0) is 37.1 Å². The van der Waals surface area contributed by atoms with E-state index in [9.17, 15) is 0 Å². The average Bonchev–Trinajstić information content (AvgIpc) is 3.41. The van der Waals surface area contributed by atoms with Crippen LogP contribution in [-0.4, -0.2) is 35.8 Å². The molecule has 0 amide bonds. The van der Waals surface area contributed by atoms with Gasteiger partial charge in [-0.3, -0.25) is 9.58 Å². The van der Waals surface area contributed by atoms with Crippen molar-refractivity contribution in [2.24, 2.45) is 14.1 Å². The zero-order chi connectivity index (χ0) is 22.0. The number of rotatable bonds is 3. The summed E-state index contributed by atoms with van der Waals surface area (Å²) in [6, 6.07) is 16.9. The molecule has 1 N–H and O–H groups in total. The minimum atomic E-state index is -0.000720. The number of nitrogens with one attached hydrogen (secondary N) is 1. The minimum Gasteiger partial charge on any atom is -0.356 e. The molecule has 0 saturated carbocycles. The van der Waals surface area contributed by atoms with Crippen LogP contribution >= 0.6 is 11.6 Å². The first kappa shape index (κ1) is 19.6. The molecule has 7 heteroatoms. The molecule has 0 saturated heterocycles. The molecule has 1 aliphatic rings. The zero-order valence-electron chi connectivity index (χ0n) is 18.4.